The summed E-state index contributed by atoms with van der Waals surface area (Å²) in [5.41, 5.74) is 3.59. The van der Waals surface area contributed by atoms with Crippen LogP contribution in [0.2, 0.25) is 0 Å². The third kappa shape index (κ3) is 4.02. The lowest BCUT2D eigenvalue weighted by Gasteiger charge is -2.10. The standard InChI is InChI=1S/C22H20FN5O3/c1-27-9-8-17(19(12-27)30-2)26-22(29)15-10-18(24-11-15)21-20(25-13-28(21)31-3)14-4-6-16(23)7-5-14/h4-9,11-13H,10H2,1-3H3/p+1. The van der Waals surface area contributed by atoms with Crippen molar-refractivity contribution in [2.24, 2.45) is 12.0 Å². The van der Waals surface area contributed by atoms with Crippen LogP contribution < -0.4 is 19.5 Å². The first-order valence-corrected chi connectivity index (χ1v) is 9.48. The molecule has 8 nitrogen and oxygen atoms in total. The molecule has 0 radical (unpaired) electrons. The van der Waals surface area contributed by atoms with Crippen molar-refractivity contribution < 1.29 is 23.3 Å². The Morgan fingerprint density at radius 2 is 2.00 bits per heavy atom. The van der Waals surface area contributed by atoms with Gasteiger partial charge in [-0.25, -0.2) is 13.9 Å². The van der Waals surface area contributed by atoms with Crippen LogP contribution in [0.5, 0.6) is 5.75 Å². The molecule has 1 N–H and O–H groups in total. The van der Waals surface area contributed by atoms with Crippen molar-refractivity contribution in [3.8, 4) is 17.0 Å². The van der Waals surface area contributed by atoms with Crippen LogP contribution in [0.1, 0.15) is 12.1 Å². The summed E-state index contributed by atoms with van der Waals surface area (Å²) in [7, 11) is 4.92. The van der Waals surface area contributed by atoms with Crippen molar-refractivity contribution in [1.82, 2.24) is 9.71 Å². The average molecular weight is 422 g/mol. The smallest absolute Gasteiger partial charge is 0.253 e. The van der Waals surface area contributed by atoms with Crippen LogP contribution in [0.3, 0.4) is 0 Å². The number of anilines is 1. The van der Waals surface area contributed by atoms with Crippen LogP contribution in [-0.2, 0) is 11.8 Å². The number of aromatic nitrogens is 3. The quantitative estimate of drug-likeness (QED) is 0.618. The van der Waals surface area contributed by atoms with Crippen molar-refractivity contribution in [3.63, 3.8) is 0 Å². The van der Waals surface area contributed by atoms with E-state index in [9.17, 15) is 9.18 Å². The molecule has 0 unspecified atom stereocenters. The van der Waals surface area contributed by atoms with Gasteiger partial charge in [0.25, 0.3) is 5.91 Å². The molecule has 0 fully saturated rings. The molecule has 0 atom stereocenters. The van der Waals surface area contributed by atoms with E-state index in [-0.39, 0.29) is 18.1 Å². The zero-order chi connectivity index (χ0) is 22.0. The maximum Gasteiger partial charge on any atom is 0.253 e. The first-order chi connectivity index (χ1) is 15.0. The molecule has 2 aromatic heterocycles. The summed E-state index contributed by atoms with van der Waals surface area (Å²) >= 11 is 0. The fourth-order valence-corrected chi connectivity index (χ4v) is 3.31. The van der Waals surface area contributed by atoms with Gasteiger partial charge in [-0.05, 0) is 24.3 Å². The van der Waals surface area contributed by atoms with Crippen LogP contribution in [0.15, 0.2) is 65.8 Å². The number of nitrogens with zero attached hydrogens (tertiary/aromatic N) is 4. The van der Waals surface area contributed by atoms with E-state index in [1.54, 1.807) is 31.5 Å². The van der Waals surface area contributed by atoms with E-state index in [4.69, 9.17) is 9.57 Å². The van der Waals surface area contributed by atoms with E-state index in [1.807, 2.05) is 17.8 Å². The highest BCUT2D eigenvalue weighted by Crippen LogP contribution is 2.28. The fraction of sp³-hybridized carbons (Fsp3) is 0.182. The first-order valence-electron chi connectivity index (χ1n) is 9.48. The van der Waals surface area contributed by atoms with Crippen LogP contribution in [0, 0.1) is 5.82 Å². The number of halogens is 1. The Hall–Kier alpha value is -4.01. The molecule has 9 heteroatoms. The number of aryl methyl sites for hydroxylation is 1. The van der Waals surface area contributed by atoms with Gasteiger partial charge in [0.15, 0.2) is 6.20 Å². The number of benzene rings is 1. The highest BCUT2D eigenvalue weighted by molar-refractivity contribution is 6.14. The number of pyridine rings is 1. The Bertz CT molecular complexity index is 1200. The van der Waals surface area contributed by atoms with Gasteiger partial charge in [0.1, 0.15) is 37.7 Å². The molecule has 1 amide bonds. The van der Waals surface area contributed by atoms with E-state index < -0.39 is 0 Å². The highest BCUT2D eigenvalue weighted by atomic mass is 19.1. The third-order valence-corrected chi connectivity index (χ3v) is 4.88. The predicted octanol–water partition coefficient (Wildman–Crippen LogP) is 2.30. The minimum Gasteiger partial charge on any atom is -0.489 e. The zero-order valence-corrected chi connectivity index (χ0v) is 17.3. The average Bonchev–Trinajstić information content (AvgIpc) is 3.42. The Morgan fingerprint density at radius 3 is 2.71 bits per heavy atom. The number of carbonyl (C=O) groups is 1. The maximum atomic E-state index is 13.3. The number of carbonyl (C=O) groups excluding carboxylic acids is 1. The molecule has 4 rings (SSSR count). The van der Waals surface area contributed by atoms with Crippen molar-refractivity contribution in [1.29, 1.82) is 0 Å². The minimum absolute atomic E-state index is 0.280. The van der Waals surface area contributed by atoms with Gasteiger partial charge < -0.3 is 14.9 Å². The fourth-order valence-electron chi connectivity index (χ4n) is 3.31. The van der Waals surface area contributed by atoms with Crippen LogP contribution in [0.25, 0.3) is 11.3 Å². The summed E-state index contributed by atoms with van der Waals surface area (Å²) < 4.78 is 22.0. The SMILES string of the molecule is COc1c[n+](C)ccc1NC(=O)C1=CN=C(c2c(-c3ccc(F)cc3)ncn2OC)C1. The Balaban J connectivity index is 1.55. The molecule has 0 aliphatic carbocycles. The minimum atomic E-state index is -0.333. The Morgan fingerprint density at radius 1 is 1.23 bits per heavy atom. The first kappa shape index (κ1) is 20.3. The molecule has 0 saturated carbocycles. The lowest BCUT2D eigenvalue weighted by atomic mass is 10.0. The Kier molecular flexibility index (Phi) is 5.48. The molecule has 0 saturated heterocycles. The van der Waals surface area contributed by atoms with Gasteiger partial charge in [0.05, 0.1) is 18.5 Å². The predicted molar refractivity (Wildman–Crippen MR) is 112 cm³/mol. The molecule has 1 aromatic carbocycles. The molecule has 1 aliphatic heterocycles. The van der Waals surface area contributed by atoms with E-state index in [1.165, 1.54) is 36.5 Å². The number of ether oxygens (including phenoxy) is 1. The Labute approximate surface area is 178 Å². The summed E-state index contributed by atoms with van der Waals surface area (Å²) in [5, 5.41) is 2.86. The summed E-state index contributed by atoms with van der Waals surface area (Å²) in [6.45, 7) is 0. The van der Waals surface area contributed by atoms with Crippen molar-refractivity contribution in [2.45, 2.75) is 6.42 Å². The molecule has 158 valence electrons. The molecule has 3 aromatic rings. The van der Waals surface area contributed by atoms with Crippen molar-refractivity contribution in [3.05, 3.63) is 72.3 Å². The molecule has 31 heavy (non-hydrogen) atoms. The van der Waals surface area contributed by atoms with E-state index >= 15 is 0 Å². The topological polar surface area (TPSA) is 81.6 Å². The largest absolute Gasteiger partial charge is 0.489 e. The number of methoxy groups -OCH3 is 1. The lowest BCUT2D eigenvalue weighted by Crippen LogP contribution is -2.27. The van der Waals surface area contributed by atoms with Crippen molar-refractivity contribution in [2.75, 3.05) is 19.5 Å². The second kappa shape index (κ2) is 8.39. The van der Waals surface area contributed by atoms with Crippen molar-refractivity contribution >= 4 is 17.3 Å². The number of rotatable bonds is 6. The van der Waals surface area contributed by atoms with Gasteiger partial charge in [0.2, 0.25) is 11.9 Å². The molecular weight excluding hydrogens is 401 g/mol. The number of nitrogens with one attached hydrogen (secondary N) is 1. The van der Waals surface area contributed by atoms with Gasteiger partial charge in [-0.3, -0.25) is 9.79 Å². The van der Waals surface area contributed by atoms with Gasteiger partial charge in [-0.15, -0.1) is 0 Å². The highest BCUT2D eigenvalue weighted by Gasteiger charge is 2.26. The second-order valence-electron chi connectivity index (χ2n) is 6.91. The summed E-state index contributed by atoms with van der Waals surface area (Å²) in [6, 6.07) is 7.77. The van der Waals surface area contributed by atoms with Crippen LogP contribution >= 0.6 is 0 Å². The van der Waals surface area contributed by atoms with Crippen LogP contribution in [-0.4, -0.2) is 35.6 Å². The number of amides is 1. The van der Waals surface area contributed by atoms with Gasteiger partial charge in [0, 0.05) is 29.8 Å². The van der Waals surface area contributed by atoms with E-state index in [0.29, 0.717) is 34.1 Å². The molecule has 0 bridgehead atoms. The second-order valence-corrected chi connectivity index (χ2v) is 6.91. The molecule has 0 spiro atoms. The monoisotopic (exact) mass is 422 g/mol. The van der Waals surface area contributed by atoms with E-state index in [2.05, 4.69) is 15.3 Å². The van der Waals surface area contributed by atoms with Gasteiger partial charge in [-0.2, -0.15) is 4.73 Å². The molecular formula is C22H21FN5O3+. The lowest BCUT2D eigenvalue weighted by molar-refractivity contribution is -0.671. The molecule has 3 heterocycles. The van der Waals surface area contributed by atoms with Gasteiger partial charge >= 0.3 is 0 Å². The number of imidazole rings is 1. The van der Waals surface area contributed by atoms with Crippen LogP contribution in [0.4, 0.5) is 10.1 Å². The summed E-state index contributed by atoms with van der Waals surface area (Å²) in [4.78, 5) is 27.0. The summed E-state index contributed by atoms with van der Waals surface area (Å²) in [5.74, 6) is -0.0629. The number of hydrogen-bond donors (Lipinski definition) is 1. The van der Waals surface area contributed by atoms with Gasteiger partial charge in [-0.1, -0.05) is 0 Å². The zero-order valence-electron chi connectivity index (χ0n) is 17.3. The number of hydrogen-bond acceptors (Lipinski definition) is 5. The maximum absolute atomic E-state index is 13.3. The number of aliphatic imine (C=N–C) groups is 1. The normalized spacial score (nSPS) is 12.9. The van der Waals surface area contributed by atoms with E-state index in [0.717, 1.165) is 5.56 Å². The molecule has 1 aliphatic rings. The summed E-state index contributed by atoms with van der Waals surface area (Å²) in [6.07, 6.45) is 6.92. The third-order valence-electron chi connectivity index (χ3n) is 4.88.